The van der Waals surface area contributed by atoms with E-state index in [-0.39, 0.29) is 11.9 Å². The lowest BCUT2D eigenvalue weighted by atomic mass is 9.97. The summed E-state index contributed by atoms with van der Waals surface area (Å²) in [5, 5.41) is 3.15. The largest absolute Gasteiger partial charge is 0.493 e. The summed E-state index contributed by atoms with van der Waals surface area (Å²) in [7, 11) is 1.55. The standard InChI is InChI=1S/C24H23NO4/c1-16-8-10-18(11-9-16)22(17-6-4-3-5-7-17)25-24(26)19-14-20(27-2)23-21(15-19)28-12-13-29-23/h3-11,14-15,22H,12-13H2,1-2H3,(H,25,26). The van der Waals surface area contributed by atoms with Crippen molar-refractivity contribution in [3.8, 4) is 17.2 Å². The molecule has 4 rings (SSSR count). The van der Waals surface area contributed by atoms with Crippen molar-refractivity contribution in [3.63, 3.8) is 0 Å². The molecule has 0 fully saturated rings. The Balaban J connectivity index is 1.67. The van der Waals surface area contributed by atoms with Gasteiger partial charge in [-0.15, -0.1) is 0 Å². The second-order valence-corrected chi connectivity index (χ2v) is 6.93. The summed E-state index contributed by atoms with van der Waals surface area (Å²) >= 11 is 0. The number of hydrogen-bond donors (Lipinski definition) is 1. The smallest absolute Gasteiger partial charge is 0.252 e. The first-order valence-corrected chi connectivity index (χ1v) is 9.55. The highest BCUT2D eigenvalue weighted by molar-refractivity contribution is 5.96. The summed E-state index contributed by atoms with van der Waals surface area (Å²) < 4.78 is 16.7. The highest BCUT2D eigenvalue weighted by Gasteiger charge is 2.23. The van der Waals surface area contributed by atoms with Gasteiger partial charge in [0.15, 0.2) is 11.5 Å². The molecule has 0 aliphatic carbocycles. The van der Waals surface area contributed by atoms with Crippen LogP contribution in [0.2, 0.25) is 0 Å². The van der Waals surface area contributed by atoms with E-state index in [2.05, 4.69) is 5.32 Å². The maximum Gasteiger partial charge on any atom is 0.252 e. The summed E-state index contributed by atoms with van der Waals surface area (Å²) in [4.78, 5) is 13.2. The number of rotatable bonds is 5. The first-order chi connectivity index (χ1) is 14.2. The Kier molecular flexibility index (Phi) is 5.38. The second kappa shape index (κ2) is 8.27. The van der Waals surface area contributed by atoms with Gasteiger partial charge in [-0.1, -0.05) is 60.2 Å². The molecule has 1 unspecified atom stereocenters. The molecule has 0 spiro atoms. The molecular formula is C24H23NO4. The van der Waals surface area contributed by atoms with Crippen LogP contribution in [0.25, 0.3) is 0 Å². The molecule has 1 atom stereocenters. The average Bonchev–Trinajstić information content (AvgIpc) is 2.77. The van der Waals surface area contributed by atoms with Gasteiger partial charge in [0.1, 0.15) is 13.2 Å². The normalized spacial score (nSPS) is 13.4. The van der Waals surface area contributed by atoms with E-state index in [1.807, 2.05) is 61.5 Å². The van der Waals surface area contributed by atoms with Crippen molar-refractivity contribution >= 4 is 5.91 Å². The van der Waals surface area contributed by atoms with Crippen molar-refractivity contribution in [2.75, 3.05) is 20.3 Å². The molecule has 1 amide bonds. The van der Waals surface area contributed by atoms with Gasteiger partial charge in [0.25, 0.3) is 5.91 Å². The summed E-state index contributed by atoms with van der Waals surface area (Å²) in [6.45, 7) is 2.94. The van der Waals surface area contributed by atoms with Gasteiger partial charge in [-0.3, -0.25) is 4.79 Å². The maximum atomic E-state index is 13.2. The average molecular weight is 389 g/mol. The van der Waals surface area contributed by atoms with Crippen molar-refractivity contribution in [3.05, 3.63) is 89.0 Å². The first kappa shape index (κ1) is 18.9. The summed E-state index contributed by atoms with van der Waals surface area (Å²) in [5.74, 6) is 1.33. The van der Waals surface area contributed by atoms with Crippen molar-refractivity contribution in [2.24, 2.45) is 0 Å². The number of ether oxygens (including phenoxy) is 3. The van der Waals surface area contributed by atoms with Gasteiger partial charge in [0, 0.05) is 5.56 Å². The Morgan fingerprint density at radius 3 is 2.38 bits per heavy atom. The quantitative estimate of drug-likeness (QED) is 0.707. The monoisotopic (exact) mass is 389 g/mol. The third-order valence-corrected chi connectivity index (χ3v) is 4.91. The van der Waals surface area contributed by atoms with Crippen molar-refractivity contribution < 1.29 is 19.0 Å². The molecule has 1 aliphatic heterocycles. The number of nitrogens with one attached hydrogen (secondary N) is 1. The fourth-order valence-corrected chi connectivity index (χ4v) is 3.38. The molecule has 1 heterocycles. The van der Waals surface area contributed by atoms with Gasteiger partial charge in [0.05, 0.1) is 13.2 Å². The van der Waals surface area contributed by atoms with E-state index >= 15 is 0 Å². The number of aryl methyl sites for hydroxylation is 1. The van der Waals surface area contributed by atoms with Gasteiger partial charge >= 0.3 is 0 Å². The Labute approximate surface area is 170 Å². The van der Waals surface area contributed by atoms with Crippen molar-refractivity contribution in [1.29, 1.82) is 0 Å². The lowest BCUT2D eigenvalue weighted by Crippen LogP contribution is -2.29. The summed E-state index contributed by atoms with van der Waals surface area (Å²) in [5.41, 5.74) is 3.65. The highest BCUT2D eigenvalue weighted by atomic mass is 16.6. The number of benzene rings is 3. The van der Waals surface area contributed by atoms with Gasteiger partial charge in [-0.2, -0.15) is 0 Å². The molecule has 0 saturated carbocycles. The zero-order chi connectivity index (χ0) is 20.2. The second-order valence-electron chi connectivity index (χ2n) is 6.93. The van der Waals surface area contributed by atoms with Crippen LogP contribution in [0.4, 0.5) is 0 Å². The van der Waals surface area contributed by atoms with Crippen LogP contribution in [-0.2, 0) is 0 Å². The Morgan fingerprint density at radius 2 is 1.66 bits per heavy atom. The Morgan fingerprint density at radius 1 is 0.966 bits per heavy atom. The van der Waals surface area contributed by atoms with Gasteiger partial charge < -0.3 is 19.5 Å². The summed E-state index contributed by atoms with van der Waals surface area (Å²) in [6, 6.07) is 21.2. The van der Waals surface area contributed by atoms with Gasteiger partial charge in [0.2, 0.25) is 5.75 Å². The molecule has 5 nitrogen and oxygen atoms in total. The van der Waals surface area contributed by atoms with Crippen molar-refractivity contribution in [2.45, 2.75) is 13.0 Å². The molecule has 0 saturated heterocycles. The Bertz CT molecular complexity index is 982. The number of amides is 1. The van der Waals surface area contributed by atoms with E-state index in [0.717, 1.165) is 11.1 Å². The van der Waals surface area contributed by atoms with Crippen LogP contribution in [0.15, 0.2) is 66.7 Å². The Hall–Kier alpha value is -3.47. The minimum atomic E-state index is -0.275. The number of carbonyl (C=O) groups is 1. The van der Waals surface area contributed by atoms with Crippen LogP contribution in [0.3, 0.4) is 0 Å². The molecule has 0 radical (unpaired) electrons. The van der Waals surface area contributed by atoms with Crippen molar-refractivity contribution in [1.82, 2.24) is 5.32 Å². The highest BCUT2D eigenvalue weighted by Crippen LogP contribution is 2.40. The predicted molar refractivity (Wildman–Crippen MR) is 111 cm³/mol. The van der Waals surface area contributed by atoms with E-state index in [1.165, 1.54) is 5.56 Å². The van der Waals surface area contributed by atoms with Gasteiger partial charge in [-0.25, -0.2) is 0 Å². The van der Waals surface area contributed by atoms with Crippen LogP contribution < -0.4 is 19.5 Å². The number of fused-ring (bicyclic) bond motifs is 1. The van der Waals surface area contributed by atoms with E-state index in [1.54, 1.807) is 19.2 Å². The molecule has 3 aromatic carbocycles. The molecule has 3 aromatic rings. The third-order valence-electron chi connectivity index (χ3n) is 4.91. The van der Waals surface area contributed by atoms with E-state index < -0.39 is 0 Å². The lowest BCUT2D eigenvalue weighted by Gasteiger charge is -2.23. The first-order valence-electron chi connectivity index (χ1n) is 9.55. The van der Waals surface area contributed by atoms with E-state index in [9.17, 15) is 4.79 Å². The number of carbonyl (C=O) groups excluding carboxylic acids is 1. The van der Waals surface area contributed by atoms with Crippen LogP contribution >= 0.6 is 0 Å². The van der Waals surface area contributed by atoms with E-state index in [0.29, 0.717) is 36.0 Å². The molecule has 0 bridgehead atoms. The van der Waals surface area contributed by atoms with E-state index in [4.69, 9.17) is 14.2 Å². The van der Waals surface area contributed by atoms with Gasteiger partial charge in [-0.05, 0) is 30.2 Å². The predicted octanol–water partition coefficient (Wildman–Crippen LogP) is 4.29. The van der Waals surface area contributed by atoms with Crippen LogP contribution in [-0.4, -0.2) is 26.2 Å². The molecule has 0 aromatic heterocycles. The molecule has 148 valence electrons. The minimum absolute atomic E-state index is 0.213. The van der Waals surface area contributed by atoms with Crippen LogP contribution in [0, 0.1) is 6.92 Å². The number of methoxy groups -OCH3 is 1. The molecule has 1 aliphatic rings. The molecule has 1 N–H and O–H groups in total. The SMILES string of the molecule is COc1cc(C(=O)NC(c2ccccc2)c2ccc(C)cc2)cc2c1OCCO2. The lowest BCUT2D eigenvalue weighted by molar-refractivity contribution is 0.0941. The zero-order valence-corrected chi connectivity index (χ0v) is 16.5. The molecular weight excluding hydrogens is 366 g/mol. The van der Waals surface area contributed by atoms with Crippen LogP contribution in [0.1, 0.15) is 33.1 Å². The topological polar surface area (TPSA) is 56.8 Å². The maximum absolute atomic E-state index is 13.2. The molecule has 29 heavy (non-hydrogen) atoms. The fraction of sp³-hybridized carbons (Fsp3) is 0.208. The zero-order valence-electron chi connectivity index (χ0n) is 16.5. The third kappa shape index (κ3) is 4.04. The van der Waals surface area contributed by atoms with Crippen LogP contribution in [0.5, 0.6) is 17.2 Å². The number of hydrogen-bond acceptors (Lipinski definition) is 4. The minimum Gasteiger partial charge on any atom is -0.493 e. The summed E-state index contributed by atoms with van der Waals surface area (Å²) in [6.07, 6.45) is 0. The molecule has 5 heteroatoms. The fourth-order valence-electron chi connectivity index (χ4n) is 3.38.